The number of nitrogens with two attached hydrogens (primary N) is 1. The summed E-state index contributed by atoms with van der Waals surface area (Å²) in [5, 5.41) is 3.37. The van der Waals surface area contributed by atoms with E-state index >= 15 is 0 Å². The van der Waals surface area contributed by atoms with E-state index in [1.165, 1.54) is 6.42 Å². The molecule has 1 fully saturated rings. The van der Waals surface area contributed by atoms with Gasteiger partial charge in [-0.05, 0) is 31.7 Å². The second-order valence-corrected chi connectivity index (χ2v) is 5.47. The molecule has 1 heterocycles. The van der Waals surface area contributed by atoms with E-state index in [1.807, 2.05) is 13.8 Å². The highest BCUT2D eigenvalue weighted by Gasteiger charge is 2.20. The lowest BCUT2D eigenvalue weighted by atomic mass is 10.1. The monoisotopic (exact) mass is 255 g/mol. The van der Waals surface area contributed by atoms with Crippen molar-refractivity contribution in [2.45, 2.75) is 45.6 Å². The Morgan fingerprint density at radius 1 is 1.44 bits per heavy atom. The largest absolute Gasteiger partial charge is 0.368 e. The summed E-state index contributed by atoms with van der Waals surface area (Å²) in [7, 11) is 0. The normalized spacial score (nSPS) is 19.2. The molecule has 1 aliphatic rings. The van der Waals surface area contributed by atoms with Crippen LogP contribution in [-0.4, -0.2) is 42.4 Å². The number of amides is 2. The summed E-state index contributed by atoms with van der Waals surface area (Å²) in [6.45, 7) is 5.74. The fraction of sp³-hybridized carbons (Fsp3) is 0.846. The van der Waals surface area contributed by atoms with Gasteiger partial charge < -0.3 is 16.0 Å². The molecule has 1 aliphatic heterocycles. The number of carbonyl (C=O) groups excluding carboxylic acids is 2. The van der Waals surface area contributed by atoms with Crippen LogP contribution in [0.2, 0.25) is 0 Å². The predicted molar refractivity (Wildman–Crippen MR) is 70.9 cm³/mol. The topological polar surface area (TPSA) is 75.4 Å². The van der Waals surface area contributed by atoms with Crippen molar-refractivity contribution in [2.24, 2.45) is 11.7 Å². The van der Waals surface area contributed by atoms with Gasteiger partial charge in [-0.2, -0.15) is 0 Å². The van der Waals surface area contributed by atoms with Gasteiger partial charge in [-0.25, -0.2) is 0 Å². The zero-order valence-electron chi connectivity index (χ0n) is 11.4. The van der Waals surface area contributed by atoms with E-state index in [4.69, 9.17) is 5.73 Å². The smallest absolute Gasteiger partial charge is 0.237 e. The van der Waals surface area contributed by atoms with Crippen molar-refractivity contribution in [1.82, 2.24) is 10.2 Å². The summed E-state index contributed by atoms with van der Waals surface area (Å²) >= 11 is 0. The molecular weight excluding hydrogens is 230 g/mol. The van der Waals surface area contributed by atoms with E-state index in [1.54, 1.807) is 4.90 Å². The Morgan fingerprint density at radius 2 is 2.17 bits per heavy atom. The maximum absolute atomic E-state index is 12.1. The first-order chi connectivity index (χ1) is 8.49. The van der Waals surface area contributed by atoms with Gasteiger partial charge in [0.25, 0.3) is 0 Å². The third-order valence-corrected chi connectivity index (χ3v) is 3.15. The lowest BCUT2D eigenvalue weighted by Gasteiger charge is -2.23. The van der Waals surface area contributed by atoms with Crippen LogP contribution in [0.3, 0.4) is 0 Å². The number of carbonyl (C=O) groups is 2. The second kappa shape index (κ2) is 7.36. The molecule has 1 atom stereocenters. The number of nitrogens with zero attached hydrogens (tertiary/aromatic N) is 1. The summed E-state index contributed by atoms with van der Waals surface area (Å²) in [5.74, 6) is -0.0582. The van der Waals surface area contributed by atoms with E-state index in [2.05, 4.69) is 5.32 Å². The highest BCUT2D eigenvalue weighted by molar-refractivity contribution is 5.83. The van der Waals surface area contributed by atoms with Crippen LogP contribution in [0, 0.1) is 5.92 Å². The summed E-state index contributed by atoms with van der Waals surface area (Å²) < 4.78 is 0. The molecule has 0 spiro atoms. The first-order valence-electron chi connectivity index (χ1n) is 6.78. The van der Waals surface area contributed by atoms with Crippen LogP contribution >= 0.6 is 0 Å². The minimum Gasteiger partial charge on any atom is -0.368 e. The Labute approximate surface area is 109 Å². The quantitative estimate of drug-likeness (QED) is 0.695. The Kier molecular flexibility index (Phi) is 6.12. The molecule has 0 aromatic heterocycles. The summed E-state index contributed by atoms with van der Waals surface area (Å²) in [5.41, 5.74) is 5.18. The van der Waals surface area contributed by atoms with Gasteiger partial charge in [-0.1, -0.05) is 13.8 Å². The van der Waals surface area contributed by atoms with E-state index in [0.717, 1.165) is 19.4 Å². The fourth-order valence-electron chi connectivity index (χ4n) is 2.34. The van der Waals surface area contributed by atoms with Crippen LogP contribution in [0.4, 0.5) is 0 Å². The minimum absolute atomic E-state index is 0.0368. The van der Waals surface area contributed by atoms with Crippen LogP contribution in [0.5, 0.6) is 0 Å². The van der Waals surface area contributed by atoms with E-state index in [-0.39, 0.29) is 12.5 Å². The van der Waals surface area contributed by atoms with Gasteiger partial charge in [0, 0.05) is 19.0 Å². The first-order valence-corrected chi connectivity index (χ1v) is 6.78. The molecule has 0 radical (unpaired) electrons. The third kappa shape index (κ3) is 5.49. The van der Waals surface area contributed by atoms with Crippen LogP contribution < -0.4 is 11.1 Å². The first kappa shape index (κ1) is 15.0. The average molecular weight is 255 g/mol. The van der Waals surface area contributed by atoms with Crippen LogP contribution in [0.25, 0.3) is 0 Å². The highest BCUT2D eigenvalue weighted by Crippen LogP contribution is 2.12. The Hall–Kier alpha value is -1.10. The molecule has 1 saturated heterocycles. The van der Waals surface area contributed by atoms with E-state index in [0.29, 0.717) is 24.9 Å². The van der Waals surface area contributed by atoms with Crippen molar-refractivity contribution >= 4 is 11.8 Å². The molecule has 2 amide bonds. The molecule has 0 aromatic rings. The molecule has 0 bridgehead atoms. The number of hydrogen-bond acceptors (Lipinski definition) is 3. The highest BCUT2D eigenvalue weighted by atomic mass is 16.2. The third-order valence-electron chi connectivity index (χ3n) is 3.15. The summed E-state index contributed by atoms with van der Waals surface area (Å²) in [4.78, 5) is 24.6. The lowest BCUT2D eigenvalue weighted by molar-refractivity contribution is -0.135. The van der Waals surface area contributed by atoms with Gasteiger partial charge in [0.15, 0.2) is 0 Å². The minimum atomic E-state index is -0.442. The molecule has 1 unspecified atom stereocenters. The number of rotatable bonds is 7. The number of nitrogens with one attached hydrogen (secondary N) is 1. The molecule has 0 aliphatic carbocycles. The van der Waals surface area contributed by atoms with Gasteiger partial charge in [0.05, 0.1) is 6.54 Å². The fourth-order valence-corrected chi connectivity index (χ4v) is 2.34. The molecule has 104 valence electrons. The molecule has 18 heavy (non-hydrogen) atoms. The Morgan fingerprint density at radius 3 is 2.67 bits per heavy atom. The van der Waals surface area contributed by atoms with Gasteiger partial charge in [-0.3, -0.25) is 9.59 Å². The molecule has 0 saturated carbocycles. The number of hydrogen-bond donors (Lipinski definition) is 2. The number of primary amides is 1. The maximum Gasteiger partial charge on any atom is 0.237 e. The average Bonchev–Trinajstić information content (AvgIpc) is 2.76. The lowest BCUT2D eigenvalue weighted by Crippen LogP contribution is -2.41. The van der Waals surface area contributed by atoms with Gasteiger partial charge in [-0.15, -0.1) is 0 Å². The zero-order chi connectivity index (χ0) is 13.5. The molecule has 1 rings (SSSR count). The molecule has 3 N–H and O–H groups in total. The second-order valence-electron chi connectivity index (χ2n) is 5.47. The van der Waals surface area contributed by atoms with Crippen LogP contribution in [0.1, 0.15) is 39.5 Å². The van der Waals surface area contributed by atoms with Gasteiger partial charge >= 0.3 is 0 Å². The summed E-state index contributed by atoms with van der Waals surface area (Å²) in [6.07, 6.45) is 3.69. The molecular formula is C13H25N3O2. The van der Waals surface area contributed by atoms with Crippen molar-refractivity contribution in [2.75, 3.05) is 19.6 Å². The van der Waals surface area contributed by atoms with Crippen LogP contribution in [-0.2, 0) is 9.59 Å². The summed E-state index contributed by atoms with van der Waals surface area (Å²) in [6, 6.07) is 0.462. The SMILES string of the molecule is CC(C)CN(CC(N)=O)C(=O)CCC1CCCN1. The van der Waals surface area contributed by atoms with Crippen molar-refractivity contribution in [3.05, 3.63) is 0 Å². The Balaban J connectivity index is 2.39. The Bertz CT molecular complexity index is 286. The van der Waals surface area contributed by atoms with Crippen molar-refractivity contribution < 1.29 is 9.59 Å². The molecule has 0 aromatic carbocycles. The van der Waals surface area contributed by atoms with E-state index < -0.39 is 5.91 Å². The zero-order valence-corrected chi connectivity index (χ0v) is 11.4. The van der Waals surface area contributed by atoms with Crippen molar-refractivity contribution in [1.29, 1.82) is 0 Å². The molecule has 5 heteroatoms. The molecule has 5 nitrogen and oxygen atoms in total. The van der Waals surface area contributed by atoms with Crippen molar-refractivity contribution in [3.63, 3.8) is 0 Å². The van der Waals surface area contributed by atoms with Gasteiger partial charge in [0.2, 0.25) is 11.8 Å². The predicted octanol–water partition coefficient (Wildman–Crippen LogP) is 0.489. The van der Waals surface area contributed by atoms with Crippen LogP contribution in [0.15, 0.2) is 0 Å². The standard InChI is InChI=1S/C13H25N3O2/c1-10(2)8-16(9-12(14)17)13(18)6-5-11-4-3-7-15-11/h10-11,15H,3-9H2,1-2H3,(H2,14,17). The van der Waals surface area contributed by atoms with Gasteiger partial charge in [0.1, 0.15) is 0 Å². The van der Waals surface area contributed by atoms with Crippen molar-refractivity contribution in [3.8, 4) is 0 Å². The maximum atomic E-state index is 12.1. The van der Waals surface area contributed by atoms with E-state index in [9.17, 15) is 9.59 Å².